The number of carbonyl (C=O) groups is 1. The molecule has 4 nitrogen and oxygen atoms in total. The van der Waals surface area contributed by atoms with E-state index in [0.29, 0.717) is 12.5 Å². The summed E-state index contributed by atoms with van der Waals surface area (Å²) in [6, 6.07) is 0. The number of carbonyl (C=O) groups excluding carboxylic acids is 1. The normalized spacial score (nSPS) is 23.4. The van der Waals surface area contributed by atoms with Crippen molar-refractivity contribution < 1.29 is 9.53 Å². The Morgan fingerprint density at radius 3 is 3.07 bits per heavy atom. The van der Waals surface area contributed by atoms with Crippen LogP contribution in [0, 0.1) is 11.8 Å². The van der Waals surface area contributed by atoms with Crippen LogP contribution in [0.2, 0.25) is 0 Å². The molecule has 1 fully saturated rings. The summed E-state index contributed by atoms with van der Waals surface area (Å²) in [4.78, 5) is 11.5. The standard InChI is InChI=1S/C10H20N2O2/c1-8(7-14-2)10(13)12-6-9-3-4-11-5-9/h8-9,11H,3-7H2,1-2H3,(H,12,13). The zero-order valence-corrected chi connectivity index (χ0v) is 9.01. The SMILES string of the molecule is COCC(C)C(=O)NCC1CCNC1. The number of hydrogen-bond donors (Lipinski definition) is 2. The van der Waals surface area contributed by atoms with Gasteiger partial charge in [-0.1, -0.05) is 6.92 Å². The summed E-state index contributed by atoms with van der Waals surface area (Å²) in [5.74, 6) is 0.654. The van der Waals surface area contributed by atoms with Crippen molar-refractivity contribution in [3.8, 4) is 0 Å². The van der Waals surface area contributed by atoms with E-state index in [1.807, 2.05) is 6.92 Å². The molecule has 14 heavy (non-hydrogen) atoms. The maximum absolute atomic E-state index is 11.5. The van der Waals surface area contributed by atoms with Gasteiger partial charge < -0.3 is 15.4 Å². The summed E-state index contributed by atoms with van der Waals surface area (Å²) in [6.45, 7) is 5.27. The topological polar surface area (TPSA) is 50.4 Å². The predicted molar refractivity (Wildman–Crippen MR) is 55.0 cm³/mol. The van der Waals surface area contributed by atoms with Crippen LogP contribution in [-0.2, 0) is 9.53 Å². The fraction of sp³-hybridized carbons (Fsp3) is 0.900. The highest BCUT2D eigenvalue weighted by Crippen LogP contribution is 2.05. The molecule has 1 rings (SSSR count). The molecule has 4 heteroatoms. The molecule has 0 radical (unpaired) electrons. The van der Waals surface area contributed by atoms with E-state index >= 15 is 0 Å². The predicted octanol–water partition coefficient (Wildman–Crippen LogP) is -0.00540. The lowest BCUT2D eigenvalue weighted by atomic mass is 10.1. The number of nitrogens with one attached hydrogen (secondary N) is 2. The molecule has 0 spiro atoms. The first kappa shape index (κ1) is 11.5. The van der Waals surface area contributed by atoms with Gasteiger partial charge in [-0.15, -0.1) is 0 Å². The molecule has 1 amide bonds. The summed E-state index contributed by atoms with van der Waals surface area (Å²) >= 11 is 0. The fourth-order valence-corrected chi connectivity index (χ4v) is 1.63. The Kier molecular flexibility index (Phi) is 4.90. The minimum absolute atomic E-state index is 0.0469. The molecular formula is C10H20N2O2. The third kappa shape index (κ3) is 3.64. The van der Waals surface area contributed by atoms with E-state index in [1.54, 1.807) is 7.11 Å². The second-order valence-electron chi connectivity index (χ2n) is 3.96. The molecule has 1 aliphatic heterocycles. The third-order valence-corrected chi connectivity index (χ3v) is 2.59. The molecule has 0 bridgehead atoms. The molecule has 2 unspecified atom stereocenters. The van der Waals surface area contributed by atoms with Gasteiger partial charge in [-0.25, -0.2) is 0 Å². The zero-order valence-electron chi connectivity index (χ0n) is 9.01. The molecule has 1 aliphatic rings. The van der Waals surface area contributed by atoms with Crippen LogP contribution >= 0.6 is 0 Å². The van der Waals surface area contributed by atoms with E-state index < -0.39 is 0 Å². The minimum Gasteiger partial charge on any atom is -0.384 e. The fourth-order valence-electron chi connectivity index (χ4n) is 1.63. The van der Waals surface area contributed by atoms with Crippen molar-refractivity contribution in [2.45, 2.75) is 13.3 Å². The van der Waals surface area contributed by atoms with Crippen molar-refractivity contribution in [1.82, 2.24) is 10.6 Å². The Hall–Kier alpha value is -0.610. The van der Waals surface area contributed by atoms with Crippen molar-refractivity contribution >= 4 is 5.91 Å². The van der Waals surface area contributed by atoms with Gasteiger partial charge >= 0.3 is 0 Å². The molecule has 2 atom stereocenters. The Labute approximate surface area is 85.4 Å². The Morgan fingerprint density at radius 1 is 1.71 bits per heavy atom. The highest BCUT2D eigenvalue weighted by atomic mass is 16.5. The molecule has 0 saturated carbocycles. The van der Waals surface area contributed by atoms with Gasteiger partial charge in [0.25, 0.3) is 0 Å². The second kappa shape index (κ2) is 5.98. The average Bonchev–Trinajstić information content (AvgIpc) is 2.67. The first-order chi connectivity index (χ1) is 6.74. The summed E-state index contributed by atoms with van der Waals surface area (Å²) in [7, 11) is 1.62. The summed E-state index contributed by atoms with van der Waals surface area (Å²) < 4.78 is 4.92. The number of ether oxygens (including phenoxy) is 1. The maximum Gasteiger partial charge on any atom is 0.225 e. The van der Waals surface area contributed by atoms with Crippen molar-refractivity contribution in [2.24, 2.45) is 11.8 Å². The number of rotatable bonds is 5. The summed E-state index contributed by atoms with van der Waals surface area (Å²) in [5, 5.41) is 6.22. The molecule has 0 aromatic carbocycles. The van der Waals surface area contributed by atoms with Crippen LogP contribution in [0.4, 0.5) is 0 Å². The van der Waals surface area contributed by atoms with Crippen molar-refractivity contribution in [3.63, 3.8) is 0 Å². The van der Waals surface area contributed by atoms with Gasteiger partial charge in [-0.3, -0.25) is 4.79 Å². The van der Waals surface area contributed by atoms with Crippen LogP contribution in [-0.4, -0.2) is 39.3 Å². The number of amides is 1. The van der Waals surface area contributed by atoms with Gasteiger partial charge in [0.1, 0.15) is 0 Å². The van der Waals surface area contributed by atoms with Gasteiger partial charge in [0.15, 0.2) is 0 Å². The van der Waals surface area contributed by atoms with E-state index in [2.05, 4.69) is 10.6 Å². The molecule has 82 valence electrons. The molecule has 1 saturated heterocycles. The molecule has 2 N–H and O–H groups in total. The van der Waals surface area contributed by atoms with Crippen LogP contribution in [0.1, 0.15) is 13.3 Å². The van der Waals surface area contributed by atoms with Gasteiger partial charge in [0.05, 0.1) is 12.5 Å². The number of hydrogen-bond acceptors (Lipinski definition) is 3. The van der Waals surface area contributed by atoms with Gasteiger partial charge in [0, 0.05) is 13.7 Å². The van der Waals surface area contributed by atoms with Gasteiger partial charge in [-0.05, 0) is 25.4 Å². The third-order valence-electron chi connectivity index (χ3n) is 2.59. The van der Waals surface area contributed by atoms with E-state index in [1.165, 1.54) is 6.42 Å². The molecule has 0 aromatic heterocycles. The van der Waals surface area contributed by atoms with Gasteiger partial charge in [0.2, 0.25) is 5.91 Å². The monoisotopic (exact) mass is 200 g/mol. The molecule has 0 aromatic rings. The zero-order chi connectivity index (χ0) is 10.4. The lowest BCUT2D eigenvalue weighted by Gasteiger charge is -2.13. The Morgan fingerprint density at radius 2 is 2.50 bits per heavy atom. The average molecular weight is 200 g/mol. The van der Waals surface area contributed by atoms with E-state index in [0.717, 1.165) is 19.6 Å². The number of methoxy groups -OCH3 is 1. The Bertz CT molecular complexity index is 179. The summed E-state index contributed by atoms with van der Waals surface area (Å²) in [5.41, 5.74) is 0. The largest absolute Gasteiger partial charge is 0.384 e. The first-order valence-corrected chi connectivity index (χ1v) is 5.21. The second-order valence-corrected chi connectivity index (χ2v) is 3.96. The summed E-state index contributed by atoms with van der Waals surface area (Å²) in [6.07, 6.45) is 1.17. The van der Waals surface area contributed by atoms with E-state index in [-0.39, 0.29) is 11.8 Å². The first-order valence-electron chi connectivity index (χ1n) is 5.21. The lowest BCUT2D eigenvalue weighted by Crippen LogP contribution is -2.35. The van der Waals surface area contributed by atoms with Crippen molar-refractivity contribution in [3.05, 3.63) is 0 Å². The lowest BCUT2D eigenvalue weighted by molar-refractivity contribution is -0.126. The van der Waals surface area contributed by atoms with E-state index in [4.69, 9.17) is 4.74 Å². The van der Waals surface area contributed by atoms with Gasteiger partial charge in [-0.2, -0.15) is 0 Å². The Balaban J connectivity index is 2.13. The van der Waals surface area contributed by atoms with Crippen molar-refractivity contribution in [1.29, 1.82) is 0 Å². The maximum atomic E-state index is 11.5. The molecule has 1 heterocycles. The highest BCUT2D eigenvalue weighted by molar-refractivity contribution is 5.78. The van der Waals surface area contributed by atoms with Crippen LogP contribution < -0.4 is 10.6 Å². The molecule has 0 aliphatic carbocycles. The molecular weight excluding hydrogens is 180 g/mol. The van der Waals surface area contributed by atoms with Crippen LogP contribution in [0.3, 0.4) is 0 Å². The van der Waals surface area contributed by atoms with Crippen LogP contribution in [0.15, 0.2) is 0 Å². The quantitative estimate of drug-likeness (QED) is 0.656. The minimum atomic E-state index is -0.0469. The van der Waals surface area contributed by atoms with Crippen LogP contribution in [0.5, 0.6) is 0 Å². The van der Waals surface area contributed by atoms with E-state index in [9.17, 15) is 4.79 Å². The van der Waals surface area contributed by atoms with Crippen LogP contribution in [0.25, 0.3) is 0 Å². The highest BCUT2D eigenvalue weighted by Gasteiger charge is 2.17. The smallest absolute Gasteiger partial charge is 0.225 e. The van der Waals surface area contributed by atoms with Crippen molar-refractivity contribution in [2.75, 3.05) is 33.4 Å².